The van der Waals surface area contributed by atoms with Gasteiger partial charge in [0.25, 0.3) is 0 Å². The highest BCUT2D eigenvalue weighted by molar-refractivity contribution is 4.95. The first-order valence-electron chi connectivity index (χ1n) is 6.03. The Bertz CT molecular complexity index is 190. The first-order valence-corrected chi connectivity index (χ1v) is 6.03. The summed E-state index contributed by atoms with van der Waals surface area (Å²) in [4.78, 5) is 0. The molecule has 0 saturated heterocycles. The molecule has 0 aromatic heterocycles. The molecule has 0 amide bonds. The van der Waals surface area contributed by atoms with Crippen LogP contribution in [-0.4, -0.2) is 0 Å². The minimum absolute atomic E-state index is 0.742. The van der Waals surface area contributed by atoms with Crippen LogP contribution in [0.1, 0.15) is 53.4 Å². The van der Waals surface area contributed by atoms with Crippen LogP contribution in [-0.2, 0) is 0 Å². The van der Waals surface area contributed by atoms with E-state index in [1.165, 1.54) is 25.7 Å². The molecule has 2 aliphatic carbocycles. The molecule has 2 rings (SSSR count). The number of hydrogen-bond acceptors (Lipinski definition) is 0. The molecule has 0 aromatic carbocycles. The smallest absolute Gasteiger partial charge is 0.0300 e. The van der Waals surface area contributed by atoms with Crippen molar-refractivity contribution in [1.29, 1.82) is 0 Å². The van der Waals surface area contributed by atoms with E-state index in [0.717, 1.165) is 29.1 Å². The van der Waals surface area contributed by atoms with E-state index in [0.29, 0.717) is 0 Å². The summed E-state index contributed by atoms with van der Waals surface area (Å²) in [5.74, 6) is 4.07. The van der Waals surface area contributed by atoms with Crippen molar-refractivity contribution in [3.8, 4) is 0 Å². The highest BCUT2D eigenvalue weighted by Gasteiger charge is 2.45. The van der Waals surface area contributed by atoms with Gasteiger partial charge in [0.1, 0.15) is 0 Å². The first-order chi connectivity index (χ1) is 6.03. The first kappa shape index (κ1) is 9.55. The topological polar surface area (TPSA) is 0 Å². The third-order valence-electron chi connectivity index (χ3n) is 4.86. The van der Waals surface area contributed by atoms with E-state index < -0.39 is 0 Å². The number of rotatable bonds is 4. The van der Waals surface area contributed by atoms with Crippen LogP contribution in [0.4, 0.5) is 0 Å². The van der Waals surface area contributed by atoms with E-state index in [1.54, 1.807) is 0 Å². The van der Waals surface area contributed by atoms with Gasteiger partial charge in [-0.3, -0.25) is 0 Å². The molecule has 13 heavy (non-hydrogen) atoms. The van der Waals surface area contributed by atoms with E-state index >= 15 is 0 Å². The lowest BCUT2D eigenvalue weighted by molar-refractivity contribution is 0.275. The molecule has 0 heterocycles. The standard InChI is InChI=1S/C13H24/c1-9(12-8-10(12)2)7-11(3)13(4)5-6-13/h9-12H,5-8H2,1-4H3. The van der Waals surface area contributed by atoms with Gasteiger partial charge in [0.05, 0.1) is 0 Å². The SMILES string of the molecule is CC1CC1C(C)CC(C)C1(C)CC1. The Morgan fingerprint density at radius 2 is 1.85 bits per heavy atom. The average Bonchev–Trinajstić information content (AvgIpc) is 2.91. The second-order valence-corrected chi connectivity index (χ2v) is 6.14. The maximum atomic E-state index is 2.47. The van der Waals surface area contributed by atoms with Gasteiger partial charge in [-0.15, -0.1) is 0 Å². The lowest BCUT2D eigenvalue weighted by Gasteiger charge is -2.22. The van der Waals surface area contributed by atoms with Crippen molar-refractivity contribution >= 4 is 0 Å². The normalized spacial score (nSPS) is 39.7. The van der Waals surface area contributed by atoms with Gasteiger partial charge in [-0.25, -0.2) is 0 Å². The summed E-state index contributed by atoms with van der Waals surface area (Å²) in [5, 5.41) is 0. The van der Waals surface area contributed by atoms with E-state index in [-0.39, 0.29) is 0 Å². The molecular weight excluding hydrogens is 156 g/mol. The molecule has 2 saturated carbocycles. The van der Waals surface area contributed by atoms with Crippen molar-refractivity contribution < 1.29 is 0 Å². The maximum absolute atomic E-state index is 2.47. The van der Waals surface area contributed by atoms with Gasteiger partial charge in [-0.05, 0) is 54.8 Å². The van der Waals surface area contributed by atoms with Crippen molar-refractivity contribution in [3.63, 3.8) is 0 Å². The summed E-state index contributed by atoms with van der Waals surface area (Å²) >= 11 is 0. The van der Waals surface area contributed by atoms with Crippen molar-refractivity contribution in [2.75, 3.05) is 0 Å². The summed E-state index contributed by atoms with van der Waals surface area (Å²) < 4.78 is 0. The van der Waals surface area contributed by atoms with E-state index in [1.807, 2.05) is 0 Å². The molecule has 4 atom stereocenters. The van der Waals surface area contributed by atoms with Crippen LogP contribution in [0.5, 0.6) is 0 Å². The van der Waals surface area contributed by atoms with E-state index in [4.69, 9.17) is 0 Å². The molecule has 2 fully saturated rings. The Balaban J connectivity index is 1.77. The highest BCUT2D eigenvalue weighted by Crippen LogP contribution is 2.55. The zero-order chi connectivity index (χ0) is 9.64. The minimum atomic E-state index is 0.742. The molecule has 0 radical (unpaired) electrons. The lowest BCUT2D eigenvalue weighted by atomic mass is 9.83. The van der Waals surface area contributed by atoms with E-state index in [2.05, 4.69) is 27.7 Å². The molecule has 0 aromatic rings. The highest BCUT2D eigenvalue weighted by atomic mass is 14.5. The van der Waals surface area contributed by atoms with Crippen molar-refractivity contribution in [2.24, 2.45) is 29.1 Å². The van der Waals surface area contributed by atoms with Crippen molar-refractivity contribution in [3.05, 3.63) is 0 Å². The lowest BCUT2D eigenvalue weighted by Crippen LogP contribution is -2.13. The van der Waals surface area contributed by atoms with Crippen LogP contribution in [0, 0.1) is 29.1 Å². The molecule has 76 valence electrons. The molecule has 0 nitrogen and oxygen atoms in total. The fourth-order valence-corrected chi connectivity index (χ4v) is 2.85. The maximum Gasteiger partial charge on any atom is -0.0300 e. The Hall–Kier alpha value is 0. The zero-order valence-electron chi connectivity index (χ0n) is 9.64. The Morgan fingerprint density at radius 1 is 1.31 bits per heavy atom. The van der Waals surface area contributed by atoms with Gasteiger partial charge in [-0.2, -0.15) is 0 Å². The van der Waals surface area contributed by atoms with Crippen LogP contribution in [0.15, 0.2) is 0 Å². The summed E-state index contributed by atoms with van der Waals surface area (Å²) in [5.41, 5.74) is 0.742. The van der Waals surface area contributed by atoms with Gasteiger partial charge in [0.2, 0.25) is 0 Å². The predicted molar refractivity (Wildman–Crippen MR) is 57.6 cm³/mol. The number of hydrogen-bond donors (Lipinski definition) is 0. The minimum Gasteiger partial charge on any atom is -0.0622 e. The molecule has 0 aliphatic heterocycles. The molecule has 0 heteroatoms. The second kappa shape index (κ2) is 3.00. The largest absolute Gasteiger partial charge is 0.0622 e. The van der Waals surface area contributed by atoms with Crippen LogP contribution in [0.25, 0.3) is 0 Å². The molecule has 0 N–H and O–H groups in total. The molecule has 0 spiro atoms. The van der Waals surface area contributed by atoms with Gasteiger partial charge in [-0.1, -0.05) is 27.7 Å². The third kappa shape index (κ3) is 1.92. The summed E-state index contributed by atoms with van der Waals surface area (Å²) in [6.45, 7) is 9.82. The average molecular weight is 180 g/mol. The van der Waals surface area contributed by atoms with Gasteiger partial charge >= 0.3 is 0 Å². The predicted octanol–water partition coefficient (Wildman–Crippen LogP) is 4.10. The fraction of sp³-hybridized carbons (Fsp3) is 1.00. The fourth-order valence-electron chi connectivity index (χ4n) is 2.85. The third-order valence-corrected chi connectivity index (χ3v) is 4.86. The van der Waals surface area contributed by atoms with Crippen LogP contribution >= 0.6 is 0 Å². The van der Waals surface area contributed by atoms with Crippen LogP contribution in [0.2, 0.25) is 0 Å². The van der Waals surface area contributed by atoms with Crippen molar-refractivity contribution in [1.82, 2.24) is 0 Å². The van der Waals surface area contributed by atoms with Crippen LogP contribution < -0.4 is 0 Å². The monoisotopic (exact) mass is 180 g/mol. The molecule has 4 unspecified atom stereocenters. The molecule has 0 bridgehead atoms. The Morgan fingerprint density at radius 3 is 2.23 bits per heavy atom. The van der Waals surface area contributed by atoms with Crippen molar-refractivity contribution in [2.45, 2.75) is 53.4 Å². The second-order valence-electron chi connectivity index (χ2n) is 6.14. The molecular formula is C13H24. The quantitative estimate of drug-likeness (QED) is 0.611. The van der Waals surface area contributed by atoms with E-state index in [9.17, 15) is 0 Å². The molecule has 2 aliphatic rings. The summed E-state index contributed by atoms with van der Waals surface area (Å²) in [6, 6.07) is 0. The van der Waals surface area contributed by atoms with Crippen LogP contribution in [0.3, 0.4) is 0 Å². The van der Waals surface area contributed by atoms with Gasteiger partial charge < -0.3 is 0 Å². The zero-order valence-corrected chi connectivity index (χ0v) is 9.64. The summed E-state index contributed by atoms with van der Waals surface area (Å²) in [7, 11) is 0. The van der Waals surface area contributed by atoms with Gasteiger partial charge in [0, 0.05) is 0 Å². The Kier molecular flexibility index (Phi) is 2.20. The Labute approximate surface area is 83.1 Å². The summed E-state index contributed by atoms with van der Waals surface area (Å²) in [6.07, 6.45) is 5.96. The van der Waals surface area contributed by atoms with Gasteiger partial charge in [0.15, 0.2) is 0 Å².